The van der Waals surface area contributed by atoms with Gasteiger partial charge in [0.2, 0.25) is 5.28 Å². The highest BCUT2D eigenvalue weighted by Gasteiger charge is 2.29. The van der Waals surface area contributed by atoms with Crippen molar-refractivity contribution in [3.8, 4) is 11.8 Å². The van der Waals surface area contributed by atoms with E-state index in [2.05, 4.69) is 57.4 Å². The van der Waals surface area contributed by atoms with Crippen molar-refractivity contribution in [2.45, 2.75) is 25.7 Å². The lowest BCUT2D eigenvalue weighted by molar-refractivity contribution is 0.241. The number of nitrogens with zero attached hydrogens (tertiary/aromatic N) is 4. The molecule has 0 bridgehead atoms. The topological polar surface area (TPSA) is 100 Å². The van der Waals surface area contributed by atoms with Crippen LogP contribution in [0.15, 0.2) is 42.5 Å². The smallest absolute Gasteiger partial charge is 0.224 e. The summed E-state index contributed by atoms with van der Waals surface area (Å²) in [6.45, 7) is 4.77. The monoisotopic (exact) mass is 476 g/mol. The number of hydrogen-bond donors (Lipinski definition) is 2. The molecule has 0 saturated carbocycles. The van der Waals surface area contributed by atoms with E-state index in [1.165, 1.54) is 11.1 Å². The van der Waals surface area contributed by atoms with Crippen LogP contribution in [-0.4, -0.2) is 48.2 Å². The Kier molecular flexibility index (Phi) is 7.51. The molecule has 7 nitrogen and oxygen atoms in total. The molecule has 1 aliphatic carbocycles. The van der Waals surface area contributed by atoms with E-state index in [0.29, 0.717) is 36.7 Å². The number of likely N-dealkylation sites (N-methyl/N-ethyl adjacent to an activating group) is 1. The summed E-state index contributed by atoms with van der Waals surface area (Å²) in [6, 6.07) is 15.8. The normalized spacial score (nSPS) is 14.6. The summed E-state index contributed by atoms with van der Waals surface area (Å²) >= 11 is 6.29. The highest BCUT2D eigenvalue weighted by Crippen LogP contribution is 2.40. The van der Waals surface area contributed by atoms with Crippen molar-refractivity contribution in [2.24, 2.45) is 0 Å². The highest BCUT2D eigenvalue weighted by molar-refractivity contribution is 6.28. The van der Waals surface area contributed by atoms with E-state index >= 15 is 0 Å². The van der Waals surface area contributed by atoms with Gasteiger partial charge < -0.3 is 20.7 Å². The van der Waals surface area contributed by atoms with Crippen molar-refractivity contribution in [1.29, 1.82) is 5.26 Å². The predicted octanol–water partition coefficient (Wildman–Crippen LogP) is 4.39. The Hall–Kier alpha value is -3.34. The van der Waals surface area contributed by atoms with Gasteiger partial charge in [0.15, 0.2) is 0 Å². The fourth-order valence-electron chi connectivity index (χ4n) is 4.24. The number of rotatable bonds is 9. The van der Waals surface area contributed by atoms with E-state index in [0.717, 1.165) is 36.5 Å². The number of fused-ring (bicyclic) bond motifs is 1. The molecular formula is C26H29ClN6O. The molecule has 3 aromatic rings. The van der Waals surface area contributed by atoms with Crippen molar-refractivity contribution < 1.29 is 4.74 Å². The average molecular weight is 477 g/mol. The zero-order valence-corrected chi connectivity index (χ0v) is 20.3. The lowest BCUT2D eigenvalue weighted by atomic mass is 9.96. The highest BCUT2D eigenvalue weighted by atomic mass is 35.5. The fourth-order valence-corrected chi connectivity index (χ4v) is 4.42. The van der Waals surface area contributed by atoms with E-state index in [-0.39, 0.29) is 11.2 Å². The van der Waals surface area contributed by atoms with Crippen LogP contribution in [0, 0.1) is 18.3 Å². The van der Waals surface area contributed by atoms with E-state index < -0.39 is 0 Å². The van der Waals surface area contributed by atoms with Crippen LogP contribution < -0.4 is 15.8 Å². The van der Waals surface area contributed by atoms with Crippen LogP contribution in [0.1, 0.15) is 40.3 Å². The first kappa shape index (κ1) is 23.8. The largest absolute Gasteiger partial charge is 0.491 e. The fraction of sp³-hybridized carbons (Fsp3) is 0.346. The van der Waals surface area contributed by atoms with Gasteiger partial charge in [0.1, 0.15) is 24.2 Å². The number of nitriles is 1. The van der Waals surface area contributed by atoms with E-state index in [1.54, 1.807) is 18.2 Å². The summed E-state index contributed by atoms with van der Waals surface area (Å²) in [5, 5.41) is 12.9. The number of benzene rings is 2. The van der Waals surface area contributed by atoms with Crippen LogP contribution in [-0.2, 0) is 6.42 Å². The van der Waals surface area contributed by atoms with Crippen molar-refractivity contribution in [1.82, 2.24) is 14.9 Å². The van der Waals surface area contributed by atoms with Gasteiger partial charge in [-0.15, -0.1) is 0 Å². The number of aryl methyl sites for hydroxylation is 1. The Balaban J connectivity index is 1.31. The number of aromatic nitrogens is 2. The van der Waals surface area contributed by atoms with Gasteiger partial charge in [0, 0.05) is 42.9 Å². The minimum Gasteiger partial charge on any atom is -0.491 e. The van der Waals surface area contributed by atoms with Crippen molar-refractivity contribution >= 4 is 23.1 Å². The minimum absolute atomic E-state index is 0.252. The second-order valence-electron chi connectivity index (χ2n) is 8.65. The van der Waals surface area contributed by atoms with Gasteiger partial charge in [-0.1, -0.05) is 29.8 Å². The third kappa shape index (κ3) is 5.58. The lowest BCUT2D eigenvalue weighted by Crippen LogP contribution is -2.29. The molecule has 1 unspecified atom stereocenters. The SMILES string of the molecule is Cc1ccc(C2CCc3c(NCCN(C)CCOc4cc(N)ccc4C#N)nc(Cl)nc32)cc1. The molecule has 2 aromatic carbocycles. The molecule has 1 atom stereocenters. The van der Waals surface area contributed by atoms with Crippen LogP contribution in [0.2, 0.25) is 5.28 Å². The van der Waals surface area contributed by atoms with Crippen molar-refractivity contribution in [3.63, 3.8) is 0 Å². The molecule has 0 saturated heterocycles. The molecule has 4 rings (SSSR count). The molecule has 0 radical (unpaired) electrons. The Labute approximate surface area is 205 Å². The molecule has 3 N–H and O–H groups in total. The van der Waals surface area contributed by atoms with Crippen LogP contribution in [0.3, 0.4) is 0 Å². The Morgan fingerprint density at radius 1 is 1.21 bits per heavy atom. The average Bonchev–Trinajstić information content (AvgIpc) is 3.23. The molecule has 8 heteroatoms. The van der Waals surface area contributed by atoms with E-state index in [1.807, 2.05) is 7.05 Å². The second-order valence-corrected chi connectivity index (χ2v) is 8.99. The van der Waals surface area contributed by atoms with Gasteiger partial charge in [-0.3, -0.25) is 0 Å². The number of nitrogen functional groups attached to an aromatic ring is 1. The molecule has 0 amide bonds. The number of nitrogens with one attached hydrogen (secondary N) is 1. The third-order valence-corrected chi connectivity index (χ3v) is 6.32. The Bertz CT molecular complexity index is 1190. The third-order valence-electron chi connectivity index (χ3n) is 6.15. The Morgan fingerprint density at radius 2 is 2.00 bits per heavy atom. The minimum atomic E-state index is 0.252. The first-order chi connectivity index (χ1) is 16.4. The zero-order chi connectivity index (χ0) is 24.1. The van der Waals surface area contributed by atoms with Crippen LogP contribution >= 0.6 is 11.6 Å². The summed E-state index contributed by atoms with van der Waals surface area (Å²) in [6.07, 6.45) is 1.94. The molecule has 0 fully saturated rings. The summed E-state index contributed by atoms with van der Waals surface area (Å²) < 4.78 is 5.78. The van der Waals surface area contributed by atoms with Gasteiger partial charge in [0.25, 0.3) is 0 Å². The molecule has 34 heavy (non-hydrogen) atoms. The Morgan fingerprint density at radius 3 is 2.76 bits per heavy atom. The summed E-state index contributed by atoms with van der Waals surface area (Å²) in [4.78, 5) is 11.2. The molecule has 1 aromatic heterocycles. The molecule has 0 spiro atoms. The van der Waals surface area contributed by atoms with Crippen LogP contribution in [0.5, 0.6) is 5.75 Å². The maximum Gasteiger partial charge on any atom is 0.224 e. The van der Waals surface area contributed by atoms with Crippen LogP contribution in [0.25, 0.3) is 0 Å². The summed E-state index contributed by atoms with van der Waals surface area (Å²) in [7, 11) is 2.03. The van der Waals surface area contributed by atoms with Crippen LogP contribution in [0.4, 0.5) is 11.5 Å². The van der Waals surface area contributed by atoms with Crippen molar-refractivity contribution in [3.05, 3.63) is 75.7 Å². The number of hydrogen-bond acceptors (Lipinski definition) is 7. The quantitative estimate of drug-likeness (QED) is 0.349. The molecule has 1 aliphatic rings. The lowest BCUT2D eigenvalue weighted by Gasteiger charge is -2.19. The summed E-state index contributed by atoms with van der Waals surface area (Å²) in [5.74, 6) is 1.60. The molecule has 1 heterocycles. The van der Waals surface area contributed by atoms with Gasteiger partial charge in [-0.05, 0) is 56.1 Å². The first-order valence-electron chi connectivity index (χ1n) is 11.4. The zero-order valence-electron chi connectivity index (χ0n) is 19.5. The maximum atomic E-state index is 9.21. The van der Waals surface area contributed by atoms with Crippen molar-refractivity contribution in [2.75, 3.05) is 44.3 Å². The number of halogens is 1. The molecule has 0 aliphatic heterocycles. The van der Waals surface area contributed by atoms with Gasteiger partial charge in [-0.2, -0.15) is 5.26 Å². The summed E-state index contributed by atoms with van der Waals surface area (Å²) in [5.41, 5.74) is 11.6. The first-order valence-corrected chi connectivity index (χ1v) is 11.8. The standard InChI is InChI=1S/C26H29ClN6O/c1-17-3-5-18(6-4-17)21-9-10-22-24(21)31-26(27)32-25(22)30-11-12-33(2)13-14-34-23-15-20(29)8-7-19(23)16-28/h3-8,15,21H,9-14,29H2,1-2H3,(H,30,31,32). The van der Waals surface area contributed by atoms with E-state index in [4.69, 9.17) is 22.1 Å². The maximum absolute atomic E-state index is 9.21. The molecular weight excluding hydrogens is 448 g/mol. The number of ether oxygens (including phenoxy) is 1. The second kappa shape index (κ2) is 10.7. The number of nitrogens with two attached hydrogens (primary N) is 1. The number of anilines is 2. The van der Waals surface area contributed by atoms with E-state index in [9.17, 15) is 5.26 Å². The predicted molar refractivity (Wildman–Crippen MR) is 135 cm³/mol. The van der Waals surface area contributed by atoms with Gasteiger partial charge in [0.05, 0.1) is 11.3 Å². The van der Waals surface area contributed by atoms with Gasteiger partial charge >= 0.3 is 0 Å². The van der Waals surface area contributed by atoms with Gasteiger partial charge in [-0.25, -0.2) is 9.97 Å². The molecule has 176 valence electrons.